The van der Waals surface area contributed by atoms with Crippen molar-refractivity contribution in [2.45, 2.75) is 27.3 Å². The van der Waals surface area contributed by atoms with Crippen molar-refractivity contribution < 1.29 is 4.52 Å². The lowest BCUT2D eigenvalue weighted by molar-refractivity contribution is 0.363. The average molecular weight is 211 g/mol. The molecule has 1 heterocycles. The molecule has 1 aromatic rings. The summed E-state index contributed by atoms with van der Waals surface area (Å²) < 4.78 is 5.10. The molecule has 2 N–H and O–H groups in total. The Kier molecular flexibility index (Phi) is 5.36. The molecule has 0 aliphatic rings. The molecule has 15 heavy (non-hydrogen) atoms. The van der Waals surface area contributed by atoms with Gasteiger partial charge in [-0.05, 0) is 32.5 Å². The van der Waals surface area contributed by atoms with Crippen LogP contribution >= 0.6 is 0 Å². The van der Waals surface area contributed by atoms with E-state index in [1.165, 1.54) is 0 Å². The van der Waals surface area contributed by atoms with Crippen LogP contribution in [-0.4, -0.2) is 24.8 Å². The average Bonchev–Trinajstić information content (AvgIpc) is 2.61. The fourth-order valence-electron chi connectivity index (χ4n) is 1.40. The maximum absolute atomic E-state index is 5.10. The number of nitrogens with one attached hydrogen (secondary N) is 2. The highest BCUT2D eigenvalue weighted by Crippen LogP contribution is 2.01. The Bertz CT molecular complexity index is 273. The van der Waals surface area contributed by atoms with E-state index in [0.717, 1.165) is 37.6 Å². The van der Waals surface area contributed by atoms with Gasteiger partial charge in [-0.25, -0.2) is 0 Å². The van der Waals surface area contributed by atoms with Crippen LogP contribution in [0.4, 0.5) is 0 Å². The van der Waals surface area contributed by atoms with Crippen LogP contribution in [0.3, 0.4) is 0 Å². The van der Waals surface area contributed by atoms with Crippen LogP contribution < -0.4 is 10.6 Å². The normalized spacial score (nSPS) is 13.0. The molecule has 4 heteroatoms. The SMILES string of the molecule is CCNCC(C)CNCc1cc(C)no1. The lowest BCUT2D eigenvalue weighted by Gasteiger charge is -2.11. The van der Waals surface area contributed by atoms with Gasteiger partial charge in [-0.2, -0.15) is 0 Å². The number of aromatic nitrogens is 1. The highest BCUT2D eigenvalue weighted by Gasteiger charge is 2.02. The molecule has 1 unspecified atom stereocenters. The molecular weight excluding hydrogens is 190 g/mol. The first-order valence-electron chi connectivity index (χ1n) is 5.56. The molecule has 0 fully saturated rings. The summed E-state index contributed by atoms with van der Waals surface area (Å²) >= 11 is 0. The van der Waals surface area contributed by atoms with Crippen molar-refractivity contribution in [3.8, 4) is 0 Å². The Hall–Kier alpha value is -0.870. The maximum atomic E-state index is 5.10. The summed E-state index contributed by atoms with van der Waals surface area (Å²) in [4.78, 5) is 0. The van der Waals surface area contributed by atoms with Crippen LogP contribution in [0.5, 0.6) is 0 Å². The van der Waals surface area contributed by atoms with E-state index >= 15 is 0 Å². The molecule has 1 aromatic heterocycles. The van der Waals surface area contributed by atoms with Gasteiger partial charge in [0.15, 0.2) is 5.76 Å². The van der Waals surface area contributed by atoms with Gasteiger partial charge in [0.1, 0.15) is 0 Å². The largest absolute Gasteiger partial charge is 0.360 e. The monoisotopic (exact) mass is 211 g/mol. The van der Waals surface area contributed by atoms with Gasteiger partial charge in [-0.1, -0.05) is 19.0 Å². The van der Waals surface area contributed by atoms with Crippen LogP contribution in [-0.2, 0) is 6.54 Å². The van der Waals surface area contributed by atoms with Crippen molar-refractivity contribution in [2.75, 3.05) is 19.6 Å². The van der Waals surface area contributed by atoms with Gasteiger partial charge >= 0.3 is 0 Å². The van der Waals surface area contributed by atoms with Crippen molar-refractivity contribution in [1.82, 2.24) is 15.8 Å². The Balaban J connectivity index is 2.10. The van der Waals surface area contributed by atoms with E-state index in [1.54, 1.807) is 0 Å². The molecule has 0 amide bonds. The minimum Gasteiger partial charge on any atom is -0.360 e. The molecule has 0 radical (unpaired) electrons. The summed E-state index contributed by atoms with van der Waals surface area (Å²) in [6, 6.07) is 1.96. The molecule has 1 rings (SSSR count). The Morgan fingerprint density at radius 3 is 2.73 bits per heavy atom. The molecule has 0 aliphatic carbocycles. The predicted octanol–water partition coefficient (Wildman–Crippen LogP) is 1.32. The van der Waals surface area contributed by atoms with Crippen molar-refractivity contribution in [2.24, 2.45) is 5.92 Å². The van der Waals surface area contributed by atoms with Crippen LogP contribution in [0, 0.1) is 12.8 Å². The van der Waals surface area contributed by atoms with Gasteiger partial charge in [0.25, 0.3) is 0 Å². The molecular formula is C11H21N3O. The standard InChI is InChI=1S/C11H21N3O/c1-4-12-6-9(2)7-13-8-11-5-10(3)14-15-11/h5,9,12-13H,4,6-8H2,1-3H3. The fraction of sp³-hybridized carbons (Fsp3) is 0.727. The number of hydrogen-bond donors (Lipinski definition) is 2. The molecule has 86 valence electrons. The molecule has 0 aliphatic heterocycles. The summed E-state index contributed by atoms with van der Waals surface area (Å²) in [6.07, 6.45) is 0. The van der Waals surface area contributed by atoms with E-state index in [9.17, 15) is 0 Å². The topological polar surface area (TPSA) is 50.1 Å². The Labute approximate surface area is 91.4 Å². The quantitative estimate of drug-likeness (QED) is 0.714. The van der Waals surface area contributed by atoms with Crippen molar-refractivity contribution in [1.29, 1.82) is 0 Å². The first-order valence-corrected chi connectivity index (χ1v) is 5.56. The van der Waals surface area contributed by atoms with Crippen LogP contribution in [0.15, 0.2) is 10.6 Å². The van der Waals surface area contributed by atoms with Gasteiger partial charge in [-0.15, -0.1) is 0 Å². The third kappa shape index (κ3) is 4.95. The molecule has 0 spiro atoms. The van der Waals surface area contributed by atoms with Crippen molar-refractivity contribution in [3.63, 3.8) is 0 Å². The first-order chi connectivity index (χ1) is 7.22. The second-order valence-corrected chi connectivity index (χ2v) is 3.98. The summed E-state index contributed by atoms with van der Waals surface area (Å²) in [7, 11) is 0. The summed E-state index contributed by atoms with van der Waals surface area (Å²) in [5.74, 6) is 1.54. The third-order valence-electron chi connectivity index (χ3n) is 2.21. The number of nitrogens with zero attached hydrogens (tertiary/aromatic N) is 1. The Morgan fingerprint density at radius 2 is 2.13 bits per heavy atom. The molecule has 0 bridgehead atoms. The van der Waals surface area contributed by atoms with Crippen LogP contribution in [0.25, 0.3) is 0 Å². The lowest BCUT2D eigenvalue weighted by atomic mass is 10.2. The van der Waals surface area contributed by atoms with Gasteiger partial charge in [0.05, 0.1) is 12.2 Å². The second kappa shape index (κ2) is 6.58. The van der Waals surface area contributed by atoms with E-state index < -0.39 is 0 Å². The summed E-state index contributed by atoms with van der Waals surface area (Å²) in [5.41, 5.74) is 0.937. The zero-order valence-electron chi connectivity index (χ0n) is 9.84. The number of hydrogen-bond acceptors (Lipinski definition) is 4. The maximum Gasteiger partial charge on any atom is 0.150 e. The van der Waals surface area contributed by atoms with E-state index in [4.69, 9.17) is 4.52 Å². The molecule has 4 nitrogen and oxygen atoms in total. The van der Waals surface area contributed by atoms with Crippen molar-refractivity contribution in [3.05, 3.63) is 17.5 Å². The predicted molar refractivity (Wildman–Crippen MR) is 60.7 cm³/mol. The highest BCUT2D eigenvalue weighted by molar-refractivity contribution is 5.02. The second-order valence-electron chi connectivity index (χ2n) is 3.98. The zero-order valence-corrected chi connectivity index (χ0v) is 9.84. The molecule has 0 saturated heterocycles. The minimum absolute atomic E-state index is 0.633. The summed E-state index contributed by atoms with van der Waals surface area (Å²) in [5, 5.41) is 10.5. The number of rotatable bonds is 7. The third-order valence-corrected chi connectivity index (χ3v) is 2.21. The molecule has 1 atom stereocenters. The van der Waals surface area contributed by atoms with Crippen molar-refractivity contribution >= 4 is 0 Å². The Morgan fingerprint density at radius 1 is 1.40 bits per heavy atom. The molecule has 0 aromatic carbocycles. The highest BCUT2D eigenvalue weighted by atomic mass is 16.5. The lowest BCUT2D eigenvalue weighted by Crippen LogP contribution is -2.29. The van der Waals surface area contributed by atoms with Gasteiger partial charge in [0.2, 0.25) is 0 Å². The van der Waals surface area contributed by atoms with Gasteiger partial charge in [0, 0.05) is 6.07 Å². The zero-order chi connectivity index (χ0) is 11.1. The smallest absolute Gasteiger partial charge is 0.150 e. The van der Waals surface area contributed by atoms with Crippen LogP contribution in [0.2, 0.25) is 0 Å². The van der Waals surface area contributed by atoms with Gasteiger partial charge in [-0.3, -0.25) is 0 Å². The molecule has 0 saturated carbocycles. The van der Waals surface area contributed by atoms with E-state index in [1.807, 2.05) is 13.0 Å². The fourth-order valence-corrected chi connectivity index (χ4v) is 1.40. The van der Waals surface area contributed by atoms with E-state index in [-0.39, 0.29) is 0 Å². The van der Waals surface area contributed by atoms with Gasteiger partial charge < -0.3 is 15.2 Å². The minimum atomic E-state index is 0.633. The number of aryl methyl sites for hydroxylation is 1. The summed E-state index contributed by atoms with van der Waals surface area (Å²) in [6.45, 7) is 10.1. The van der Waals surface area contributed by atoms with E-state index in [2.05, 4.69) is 29.6 Å². The van der Waals surface area contributed by atoms with Crippen LogP contribution in [0.1, 0.15) is 25.3 Å². The van der Waals surface area contributed by atoms with E-state index in [0.29, 0.717) is 5.92 Å². The first kappa shape index (κ1) is 12.2.